The number of nitrogens with zero attached hydrogens (tertiary/aromatic N) is 1. The summed E-state index contributed by atoms with van der Waals surface area (Å²) >= 11 is 0. The van der Waals surface area contributed by atoms with Gasteiger partial charge in [-0.1, -0.05) is 73.5 Å². The number of rotatable bonds is 9. The maximum absolute atomic E-state index is 12.8. The smallest absolute Gasteiger partial charge is 0.325 e. The van der Waals surface area contributed by atoms with Gasteiger partial charge >= 0.3 is 6.03 Å². The molecule has 1 saturated heterocycles. The van der Waals surface area contributed by atoms with Gasteiger partial charge in [0.05, 0.1) is 6.04 Å². The number of nitrogens with one attached hydrogen (secondary N) is 2. The molecule has 2 aliphatic rings. The lowest BCUT2D eigenvalue weighted by Gasteiger charge is -2.21. The van der Waals surface area contributed by atoms with Crippen molar-refractivity contribution in [2.45, 2.75) is 62.9 Å². The molecule has 1 aliphatic carbocycles. The molecule has 4 amide bonds. The van der Waals surface area contributed by atoms with E-state index in [1.165, 1.54) is 10.5 Å². The molecular formula is C26H31N3O3. The van der Waals surface area contributed by atoms with Crippen molar-refractivity contribution in [3.05, 3.63) is 71.8 Å². The second kappa shape index (κ2) is 9.98. The highest BCUT2D eigenvalue weighted by Gasteiger charge is 2.52. The van der Waals surface area contributed by atoms with Crippen LogP contribution in [-0.4, -0.2) is 34.8 Å². The first kappa shape index (κ1) is 22.1. The highest BCUT2D eigenvalue weighted by Crippen LogP contribution is 2.35. The number of carbonyl (C=O) groups excluding carboxylic acids is 3. The van der Waals surface area contributed by atoms with Crippen LogP contribution in [0.4, 0.5) is 4.79 Å². The summed E-state index contributed by atoms with van der Waals surface area (Å²) in [6, 6.07) is 19.8. The van der Waals surface area contributed by atoms with E-state index in [1.807, 2.05) is 48.5 Å². The quantitative estimate of drug-likeness (QED) is 0.584. The van der Waals surface area contributed by atoms with Gasteiger partial charge in [0.2, 0.25) is 5.91 Å². The molecule has 6 heteroatoms. The van der Waals surface area contributed by atoms with Gasteiger partial charge in [-0.25, -0.2) is 4.79 Å². The van der Waals surface area contributed by atoms with Crippen molar-refractivity contribution in [2.24, 2.45) is 0 Å². The molecule has 6 nitrogen and oxygen atoms in total. The Labute approximate surface area is 189 Å². The molecule has 32 heavy (non-hydrogen) atoms. The Morgan fingerprint density at radius 2 is 1.66 bits per heavy atom. The zero-order valence-electron chi connectivity index (χ0n) is 18.4. The first-order chi connectivity index (χ1) is 15.6. The molecule has 1 aliphatic heterocycles. The van der Waals surface area contributed by atoms with Crippen LogP contribution in [-0.2, 0) is 16.0 Å². The lowest BCUT2D eigenvalue weighted by molar-refractivity contribution is -0.131. The van der Waals surface area contributed by atoms with Gasteiger partial charge in [-0.3, -0.25) is 14.5 Å². The predicted octanol–water partition coefficient (Wildman–Crippen LogP) is 4.12. The standard InChI is InChI=1S/C26H31N3O3/c30-23(16-19-29-24(31)26(28-25(29)32)17-7-8-18-26)27-22(21-13-5-2-6-14-21)15-9-12-20-10-3-1-4-11-20/h1-6,10-11,13-14,22H,7-9,12,15-19H2,(H,27,30)(H,28,32). The van der Waals surface area contributed by atoms with Gasteiger partial charge in [-0.15, -0.1) is 0 Å². The topological polar surface area (TPSA) is 78.5 Å². The summed E-state index contributed by atoms with van der Waals surface area (Å²) in [7, 11) is 0. The monoisotopic (exact) mass is 433 g/mol. The van der Waals surface area contributed by atoms with Crippen molar-refractivity contribution >= 4 is 17.8 Å². The molecule has 1 saturated carbocycles. The summed E-state index contributed by atoms with van der Waals surface area (Å²) in [5.41, 5.74) is 1.62. The van der Waals surface area contributed by atoms with Crippen molar-refractivity contribution in [1.29, 1.82) is 0 Å². The zero-order valence-corrected chi connectivity index (χ0v) is 18.4. The van der Waals surface area contributed by atoms with Crippen molar-refractivity contribution in [3.8, 4) is 0 Å². The fourth-order valence-electron chi connectivity index (χ4n) is 4.84. The van der Waals surface area contributed by atoms with Crippen molar-refractivity contribution in [1.82, 2.24) is 15.5 Å². The summed E-state index contributed by atoms with van der Waals surface area (Å²) in [6.45, 7) is 0.115. The second-order valence-electron chi connectivity index (χ2n) is 8.83. The Balaban J connectivity index is 1.33. The van der Waals surface area contributed by atoms with E-state index in [-0.39, 0.29) is 36.9 Å². The molecular weight excluding hydrogens is 402 g/mol. The van der Waals surface area contributed by atoms with Crippen LogP contribution in [0.5, 0.6) is 0 Å². The number of hydrogen-bond acceptors (Lipinski definition) is 3. The Kier molecular flexibility index (Phi) is 6.88. The molecule has 0 bridgehead atoms. The number of imide groups is 1. The van der Waals surface area contributed by atoms with E-state index in [2.05, 4.69) is 22.8 Å². The minimum absolute atomic E-state index is 0.100. The van der Waals surface area contributed by atoms with Crippen LogP contribution in [0.3, 0.4) is 0 Å². The van der Waals surface area contributed by atoms with Gasteiger partial charge in [0.1, 0.15) is 5.54 Å². The molecule has 1 unspecified atom stereocenters. The van der Waals surface area contributed by atoms with Crippen LogP contribution < -0.4 is 10.6 Å². The third kappa shape index (κ3) is 5.01. The first-order valence-corrected chi connectivity index (χ1v) is 11.6. The minimum atomic E-state index is -0.725. The lowest BCUT2D eigenvalue weighted by Crippen LogP contribution is -2.44. The van der Waals surface area contributed by atoms with E-state index in [9.17, 15) is 14.4 Å². The fraction of sp³-hybridized carbons (Fsp3) is 0.423. The zero-order chi connectivity index (χ0) is 22.4. The summed E-state index contributed by atoms with van der Waals surface area (Å²) in [5.74, 6) is -0.318. The molecule has 0 aromatic heterocycles. The molecule has 1 heterocycles. The van der Waals surface area contributed by atoms with Gasteiger partial charge in [-0.05, 0) is 43.2 Å². The SMILES string of the molecule is O=C(CCN1C(=O)NC2(CCCC2)C1=O)NC(CCCc1ccccc1)c1ccccc1. The summed E-state index contributed by atoms with van der Waals surface area (Å²) < 4.78 is 0. The van der Waals surface area contributed by atoms with Crippen LogP contribution in [0.2, 0.25) is 0 Å². The third-order valence-electron chi connectivity index (χ3n) is 6.60. The Morgan fingerprint density at radius 3 is 2.34 bits per heavy atom. The average Bonchev–Trinajstić information content (AvgIpc) is 3.37. The minimum Gasteiger partial charge on any atom is -0.349 e. The molecule has 168 valence electrons. The van der Waals surface area contributed by atoms with E-state index < -0.39 is 5.54 Å². The van der Waals surface area contributed by atoms with Crippen molar-refractivity contribution in [2.75, 3.05) is 6.54 Å². The predicted molar refractivity (Wildman–Crippen MR) is 123 cm³/mol. The van der Waals surface area contributed by atoms with E-state index in [1.54, 1.807) is 0 Å². The molecule has 2 N–H and O–H groups in total. The van der Waals surface area contributed by atoms with Crippen LogP contribution in [0.1, 0.15) is 62.1 Å². The van der Waals surface area contributed by atoms with Gasteiger partial charge in [-0.2, -0.15) is 0 Å². The summed E-state index contributed by atoms with van der Waals surface area (Å²) in [6.07, 6.45) is 6.10. The Morgan fingerprint density at radius 1 is 1.00 bits per heavy atom. The van der Waals surface area contributed by atoms with E-state index in [0.29, 0.717) is 12.8 Å². The number of urea groups is 1. The molecule has 1 atom stereocenters. The van der Waals surface area contributed by atoms with Gasteiger partial charge in [0.25, 0.3) is 5.91 Å². The number of aryl methyl sites for hydroxylation is 1. The second-order valence-corrected chi connectivity index (χ2v) is 8.83. The van der Waals surface area contributed by atoms with Crippen LogP contribution in [0.25, 0.3) is 0 Å². The molecule has 2 aromatic carbocycles. The van der Waals surface area contributed by atoms with Gasteiger partial charge in [0, 0.05) is 13.0 Å². The van der Waals surface area contributed by atoms with Crippen molar-refractivity contribution in [3.63, 3.8) is 0 Å². The average molecular weight is 434 g/mol. The van der Waals surface area contributed by atoms with Gasteiger partial charge in [0.15, 0.2) is 0 Å². The highest BCUT2D eigenvalue weighted by molar-refractivity contribution is 6.07. The van der Waals surface area contributed by atoms with E-state index in [0.717, 1.165) is 37.7 Å². The normalized spacial score (nSPS) is 18.1. The highest BCUT2D eigenvalue weighted by atomic mass is 16.2. The summed E-state index contributed by atoms with van der Waals surface area (Å²) in [4.78, 5) is 39.1. The maximum atomic E-state index is 12.8. The molecule has 4 rings (SSSR count). The summed E-state index contributed by atoms with van der Waals surface area (Å²) in [5, 5.41) is 5.99. The largest absolute Gasteiger partial charge is 0.349 e. The third-order valence-corrected chi connectivity index (χ3v) is 6.60. The number of benzene rings is 2. The van der Waals surface area contributed by atoms with E-state index >= 15 is 0 Å². The molecule has 0 radical (unpaired) electrons. The maximum Gasteiger partial charge on any atom is 0.325 e. The van der Waals surface area contributed by atoms with Crippen molar-refractivity contribution < 1.29 is 14.4 Å². The molecule has 2 aromatic rings. The Hall–Kier alpha value is -3.15. The van der Waals surface area contributed by atoms with Gasteiger partial charge < -0.3 is 10.6 Å². The first-order valence-electron chi connectivity index (χ1n) is 11.6. The van der Waals surface area contributed by atoms with Crippen LogP contribution in [0.15, 0.2) is 60.7 Å². The van der Waals surface area contributed by atoms with Crippen LogP contribution >= 0.6 is 0 Å². The fourth-order valence-corrected chi connectivity index (χ4v) is 4.84. The number of hydrogen-bond donors (Lipinski definition) is 2. The number of carbonyl (C=O) groups is 3. The van der Waals surface area contributed by atoms with Crippen LogP contribution in [0, 0.1) is 0 Å². The number of amides is 4. The molecule has 1 spiro atoms. The van der Waals surface area contributed by atoms with E-state index in [4.69, 9.17) is 0 Å². The lowest BCUT2D eigenvalue weighted by atomic mass is 9.98. The molecule has 2 fully saturated rings. The Bertz CT molecular complexity index is 939.